The van der Waals surface area contributed by atoms with Gasteiger partial charge in [0.2, 0.25) is 11.8 Å². The Hall–Kier alpha value is -3.58. The minimum Gasteiger partial charge on any atom is -0.348 e. The molecular formula is C28H33N5O2. The Kier molecular flexibility index (Phi) is 7.56. The van der Waals surface area contributed by atoms with Gasteiger partial charge in [-0.15, -0.1) is 0 Å². The molecule has 7 heteroatoms. The summed E-state index contributed by atoms with van der Waals surface area (Å²) in [6.45, 7) is 7.50. The van der Waals surface area contributed by atoms with Crippen LogP contribution in [0.2, 0.25) is 0 Å². The molecule has 35 heavy (non-hydrogen) atoms. The summed E-state index contributed by atoms with van der Waals surface area (Å²) in [4.78, 5) is 37.7. The predicted molar refractivity (Wildman–Crippen MR) is 137 cm³/mol. The topological polar surface area (TPSA) is 87.2 Å². The molecule has 1 aliphatic heterocycles. The van der Waals surface area contributed by atoms with E-state index in [0.29, 0.717) is 11.3 Å². The van der Waals surface area contributed by atoms with Crippen molar-refractivity contribution < 1.29 is 9.59 Å². The first-order valence-corrected chi connectivity index (χ1v) is 12.1. The van der Waals surface area contributed by atoms with Crippen LogP contribution in [0.3, 0.4) is 0 Å². The van der Waals surface area contributed by atoms with Crippen molar-refractivity contribution in [3.8, 4) is 0 Å². The van der Waals surface area contributed by atoms with Gasteiger partial charge in [0.25, 0.3) is 0 Å². The number of nitrogens with zero attached hydrogens (tertiary/aromatic N) is 3. The maximum absolute atomic E-state index is 13.9. The number of benzene rings is 1. The number of amides is 2. The molecule has 1 aromatic carbocycles. The van der Waals surface area contributed by atoms with Crippen LogP contribution in [0, 0.1) is 0 Å². The van der Waals surface area contributed by atoms with Crippen LogP contribution in [0.25, 0.3) is 0 Å². The van der Waals surface area contributed by atoms with Crippen molar-refractivity contribution in [2.45, 2.75) is 57.7 Å². The van der Waals surface area contributed by atoms with Crippen molar-refractivity contribution in [1.29, 1.82) is 0 Å². The zero-order valence-corrected chi connectivity index (χ0v) is 20.6. The highest BCUT2D eigenvalue weighted by atomic mass is 16.2. The Bertz CT molecular complexity index is 1120. The fourth-order valence-corrected chi connectivity index (χ4v) is 4.32. The van der Waals surface area contributed by atoms with E-state index >= 15 is 0 Å². The summed E-state index contributed by atoms with van der Waals surface area (Å²) < 4.78 is 0. The quantitative estimate of drug-likeness (QED) is 0.545. The Balaban J connectivity index is 1.73. The van der Waals surface area contributed by atoms with Crippen LogP contribution in [0.15, 0.2) is 73.2 Å². The van der Waals surface area contributed by atoms with Gasteiger partial charge in [0.1, 0.15) is 6.04 Å². The van der Waals surface area contributed by atoms with Crippen LogP contribution in [-0.2, 0) is 21.5 Å². The molecule has 2 aromatic heterocycles. The fraction of sp³-hybridized carbons (Fsp3) is 0.357. The molecule has 0 aliphatic carbocycles. The standard InChI is InChI=1S/C28H33N5O2/c1-28(2,3)21-11-13-23(14-12-21)33(27(35)24-10-7-17-31-24)25(20-8-6-15-29-18-20)26(34)32-19-22-9-4-5-16-30-22/h4-6,8-9,11-16,18,24-25,31H,7,10,17,19H2,1-3H3,(H,32,34). The molecule has 0 radical (unpaired) electrons. The molecule has 2 atom stereocenters. The molecule has 2 unspecified atom stereocenters. The maximum atomic E-state index is 13.9. The summed E-state index contributed by atoms with van der Waals surface area (Å²) in [5.74, 6) is -0.400. The molecule has 1 fully saturated rings. The number of carbonyl (C=O) groups is 2. The lowest BCUT2D eigenvalue weighted by Gasteiger charge is -2.33. The lowest BCUT2D eigenvalue weighted by atomic mass is 9.87. The van der Waals surface area contributed by atoms with Gasteiger partial charge in [-0.1, -0.05) is 45.0 Å². The number of aromatic nitrogens is 2. The molecule has 7 nitrogen and oxygen atoms in total. The minimum atomic E-state index is -0.872. The monoisotopic (exact) mass is 471 g/mol. The summed E-state index contributed by atoms with van der Waals surface area (Å²) in [5.41, 5.74) is 3.21. The number of rotatable bonds is 7. The van der Waals surface area contributed by atoms with Gasteiger partial charge >= 0.3 is 0 Å². The van der Waals surface area contributed by atoms with Gasteiger partial charge < -0.3 is 10.6 Å². The Morgan fingerprint density at radius 2 is 1.89 bits per heavy atom. The van der Waals surface area contributed by atoms with Crippen LogP contribution in [0.1, 0.15) is 56.5 Å². The summed E-state index contributed by atoms with van der Waals surface area (Å²) in [6, 6.07) is 15.9. The Morgan fingerprint density at radius 3 is 2.49 bits per heavy atom. The molecule has 3 heterocycles. The number of pyridine rings is 2. The number of anilines is 1. The van der Waals surface area contributed by atoms with Gasteiger partial charge in [0.15, 0.2) is 0 Å². The molecular weight excluding hydrogens is 438 g/mol. The van der Waals surface area contributed by atoms with Gasteiger partial charge in [-0.3, -0.25) is 24.5 Å². The summed E-state index contributed by atoms with van der Waals surface area (Å²) >= 11 is 0. The van der Waals surface area contributed by atoms with E-state index < -0.39 is 6.04 Å². The zero-order chi connectivity index (χ0) is 24.8. The highest BCUT2D eigenvalue weighted by Crippen LogP contribution is 2.32. The number of carbonyl (C=O) groups excluding carboxylic acids is 2. The van der Waals surface area contributed by atoms with Crippen molar-refractivity contribution in [2.24, 2.45) is 0 Å². The summed E-state index contributed by atoms with van der Waals surface area (Å²) in [6.07, 6.45) is 6.67. The third-order valence-corrected chi connectivity index (χ3v) is 6.28. The first kappa shape index (κ1) is 24.5. The number of nitrogens with one attached hydrogen (secondary N) is 2. The molecule has 3 aromatic rings. The van der Waals surface area contributed by atoms with Crippen molar-refractivity contribution in [3.63, 3.8) is 0 Å². The van der Waals surface area contributed by atoms with Gasteiger partial charge in [0, 0.05) is 29.8 Å². The second-order valence-electron chi connectivity index (χ2n) is 9.88. The van der Waals surface area contributed by atoms with E-state index in [4.69, 9.17) is 0 Å². The average Bonchev–Trinajstić information content (AvgIpc) is 3.41. The van der Waals surface area contributed by atoms with E-state index in [1.165, 1.54) is 0 Å². The minimum absolute atomic E-state index is 0.0246. The number of hydrogen-bond acceptors (Lipinski definition) is 5. The molecule has 182 valence electrons. The highest BCUT2D eigenvalue weighted by Gasteiger charge is 2.37. The number of hydrogen-bond donors (Lipinski definition) is 2. The molecule has 0 spiro atoms. The third kappa shape index (κ3) is 5.92. The third-order valence-electron chi connectivity index (χ3n) is 6.28. The summed E-state index contributed by atoms with van der Waals surface area (Å²) in [7, 11) is 0. The molecule has 1 saturated heterocycles. The SMILES string of the molecule is CC(C)(C)c1ccc(N(C(=O)C2CCCN2)C(C(=O)NCc2ccccn2)c2cccnc2)cc1. The van der Waals surface area contributed by atoms with E-state index in [0.717, 1.165) is 30.6 Å². The van der Waals surface area contributed by atoms with Crippen LogP contribution >= 0.6 is 0 Å². The van der Waals surface area contributed by atoms with Crippen LogP contribution in [-0.4, -0.2) is 34.4 Å². The Morgan fingerprint density at radius 1 is 1.09 bits per heavy atom. The average molecular weight is 472 g/mol. The maximum Gasteiger partial charge on any atom is 0.248 e. The van der Waals surface area contributed by atoms with Gasteiger partial charge in [-0.2, -0.15) is 0 Å². The summed E-state index contributed by atoms with van der Waals surface area (Å²) in [5, 5.41) is 6.28. The van der Waals surface area contributed by atoms with Crippen LogP contribution in [0.4, 0.5) is 5.69 Å². The zero-order valence-electron chi connectivity index (χ0n) is 20.6. The lowest BCUT2D eigenvalue weighted by Crippen LogP contribution is -2.50. The molecule has 4 rings (SSSR count). The van der Waals surface area contributed by atoms with Crippen molar-refractivity contribution in [1.82, 2.24) is 20.6 Å². The van der Waals surface area contributed by atoms with E-state index in [1.807, 2.05) is 48.5 Å². The molecule has 1 aliphatic rings. The van der Waals surface area contributed by atoms with E-state index in [9.17, 15) is 9.59 Å². The van der Waals surface area contributed by atoms with E-state index in [-0.39, 0.29) is 29.8 Å². The van der Waals surface area contributed by atoms with Gasteiger partial charge in [0.05, 0.1) is 18.3 Å². The highest BCUT2D eigenvalue weighted by molar-refractivity contribution is 6.03. The molecule has 0 saturated carbocycles. The van der Waals surface area contributed by atoms with Crippen molar-refractivity contribution >= 4 is 17.5 Å². The largest absolute Gasteiger partial charge is 0.348 e. The van der Waals surface area contributed by atoms with E-state index in [1.54, 1.807) is 29.6 Å². The van der Waals surface area contributed by atoms with Crippen LogP contribution < -0.4 is 15.5 Å². The predicted octanol–water partition coefficient (Wildman–Crippen LogP) is 3.92. The fourth-order valence-electron chi connectivity index (χ4n) is 4.32. The second kappa shape index (κ2) is 10.8. The molecule has 0 bridgehead atoms. The van der Waals surface area contributed by atoms with Gasteiger partial charge in [-0.25, -0.2) is 0 Å². The molecule has 2 N–H and O–H groups in total. The van der Waals surface area contributed by atoms with Crippen LogP contribution in [0.5, 0.6) is 0 Å². The van der Waals surface area contributed by atoms with Crippen molar-refractivity contribution in [2.75, 3.05) is 11.4 Å². The smallest absolute Gasteiger partial charge is 0.248 e. The van der Waals surface area contributed by atoms with E-state index in [2.05, 4.69) is 41.4 Å². The second-order valence-corrected chi connectivity index (χ2v) is 9.88. The first-order valence-electron chi connectivity index (χ1n) is 12.1. The lowest BCUT2D eigenvalue weighted by molar-refractivity contribution is -0.127. The van der Waals surface area contributed by atoms with Crippen molar-refractivity contribution in [3.05, 3.63) is 90.0 Å². The Labute approximate surface area is 207 Å². The molecule has 2 amide bonds. The first-order chi connectivity index (χ1) is 16.8. The van der Waals surface area contributed by atoms with Gasteiger partial charge in [-0.05, 0) is 60.7 Å². The normalized spacial score (nSPS) is 16.5.